The number of anilines is 1. The summed E-state index contributed by atoms with van der Waals surface area (Å²) in [5.74, 6) is 0.419. The SMILES string of the molecule is CC(=O)c1ccc(-n2nc(NC=O)cc2-c2ccc(CS(=O)O)cc2)cc1. The van der Waals surface area contributed by atoms with Crippen LogP contribution in [0.2, 0.25) is 0 Å². The van der Waals surface area contributed by atoms with Gasteiger partial charge in [-0.1, -0.05) is 24.3 Å². The Hall–Kier alpha value is -3.10. The van der Waals surface area contributed by atoms with Crippen molar-refractivity contribution in [2.75, 3.05) is 5.32 Å². The highest BCUT2D eigenvalue weighted by molar-refractivity contribution is 7.78. The van der Waals surface area contributed by atoms with E-state index < -0.39 is 11.1 Å². The smallest absolute Gasteiger partial charge is 0.212 e. The molecule has 27 heavy (non-hydrogen) atoms. The minimum atomic E-state index is -1.90. The van der Waals surface area contributed by atoms with Gasteiger partial charge in [-0.05, 0) is 36.8 Å². The lowest BCUT2D eigenvalue weighted by atomic mass is 10.1. The third kappa shape index (κ3) is 4.36. The molecular formula is C19H17N3O4S. The Morgan fingerprint density at radius 1 is 1.19 bits per heavy atom. The van der Waals surface area contributed by atoms with E-state index in [9.17, 15) is 13.8 Å². The Morgan fingerprint density at radius 2 is 1.85 bits per heavy atom. The van der Waals surface area contributed by atoms with Crippen molar-refractivity contribution in [1.82, 2.24) is 9.78 Å². The second kappa shape index (κ2) is 8.07. The van der Waals surface area contributed by atoms with Gasteiger partial charge in [0.1, 0.15) is 0 Å². The monoisotopic (exact) mass is 383 g/mol. The van der Waals surface area contributed by atoms with Crippen LogP contribution in [0.5, 0.6) is 0 Å². The summed E-state index contributed by atoms with van der Waals surface area (Å²) >= 11 is -1.90. The van der Waals surface area contributed by atoms with Crippen LogP contribution in [0.25, 0.3) is 16.9 Å². The van der Waals surface area contributed by atoms with E-state index in [1.54, 1.807) is 47.1 Å². The molecule has 0 aliphatic heterocycles. The summed E-state index contributed by atoms with van der Waals surface area (Å²) in [6.45, 7) is 1.50. The number of hydrogen-bond donors (Lipinski definition) is 2. The van der Waals surface area contributed by atoms with Crippen LogP contribution in [-0.4, -0.2) is 30.7 Å². The van der Waals surface area contributed by atoms with Crippen LogP contribution in [0.1, 0.15) is 22.8 Å². The molecule has 1 atom stereocenters. The summed E-state index contributed by atoms with van der Waals surface area (Å²) in [4.78, 5) is 22.3. The average Bonchev–Trinajstić information content (AvgIpc) is 3.06. The van der Waals surface area contributed by atoms with Gasteiger partial charge in [0.05, 0.1) is 17.1 Å². The third-order valence-corrected chi connectivity index (χ3v) is 4.55. The van der Waals surface area contributed by atoms with Gasteiger partial charge in [0.15, 0.2) is 22.7 Å². The highest BCUT2D eigenvalue weighted by Crippen LogP contribution is 2.26. The van der Waals surface area contributed by atoms with Crippen molar-refractivity contribution in [3.8, 4) is 16.9 Å². The van der Waals surface area contributed by atoms with E-state index in [1.807, 2.05) is 12.1 Å². The number of nitrogens with zero attached hydrogens (tertiary/aromatic N) is 2. The molecule has 0 bridgehead atoms. The lowest BCUT2D eigenvalue weighted by Crippen LogP contribution is -2.02. The molecule has 0 fully saturated rings. The minimum Gasteiger partial charge on any atom is -0.312 e. The molecule has 0 radical (unpaired) electrons. The van der Waals surface area contributed by atoms with Crippen molar-refractivity contribution in [3.63, 3.8) is 0 Å². The predicted molar refractivity (Wildman–Crippen MR) is 103 cm³/mol. The maximum absolute atomic E-state index is 11.5. The van der Waals surface area contributed by atoms with Crippen molar-refractivity contribution in [3.05, 3.63) is 65.7 Å². The second-order valence-corrected chi connectivity index (χ2v) is 6.79. The number of hydrogen-bond acceptors (Lipinski definition) is 4. The molecule has 3 aromatic rings. The Kier molecular flexibility index (Phi) is 5.58. The molecule has 1 heterocycles. The molecular weight excluding hydrogens is 366 g/mol. The number of carbonyl (C=O) groups is 2. The molecule has 1 amide bonds. The van der Waals surface area contributed by atoms with Gasteiger partial charge in [0.2, 0.25) is 6.41 Å². The van der Waals surface area contributed by atoms with Gasteiger partial charge in [0.25, 0.3) is 0 Å². The summed E-state index contributed by atoms with van der Waals surface area (Å²) in [6, 6.07) is 15.9. The summed E-state index contributed by atoms with van der Waals surface area (Å²) in [7, 11) is 0. The lowest BCUT2D eigenvalue weighted by Gasteiger charge is -2.09. The van der Waals surface area contributed by atoms with Gasteiger partial charge in [-0.3, -0.25) is 9.59 Å². The standard InChI is InChI=1S/C19H17N3O4S/c1-13(24)15-6-8-17(9-7-15)22-18(10-19(21-22)20-12-23)16-4-2-14(3-5-16)11-27(25)26/h2-10,12H,11H2,1H3,(H,25,26)(H,20,21,23). The molecule has 1 aromatic heterocycles. The number of rotatable bonds is 7. The second-order valence-electron chi connectivity index (χ2n) is 5.85. The van der Waals surface area contributed by atoms with Gasteiger partial charge in [-0.2, -0.15) is 0 Å². The Balaban J connectivity index is 2.02. The molecule has 0 saturated carbocycles. The van der Waals surface area contributed by atoms with Crippen LogP contribution >= 0.6 is 0 Å². The van der Waals surface area contributed by atoms with Crippen LogP contribution in [0.4, 0.5) is 5.82 Å². The molecule has 138 valence electrons. The number of ketones is 1. The van der Waals surface area contributed by atoms with Crippen LogP contribution in [0, 0.1) is 0 Å². The van der Waals surface area contributed by atoms with Crippen molar-refractivity contribution < 1.29 is 18.4 Å². The quantitative estimate of drug-likeness (QED) is 0.371. The number of nitrogens with one attached hydrogen (secondary N) is 1. The van der Waals surface area contributed by atoms with Crippen molar-refractivity contribution in [2.24, 2.45) is 0 Å². The molecule has 8 heteroatoms. The summed E-state index contributed by atoms with van der Waals surface area (Å²) < 4.78 is 21.6. The maximum Gasteiger partial charge on any atom is 0.212 e. The van der Waals surface area contributed by atoms with E-state index in [-0.39, 0.29) is 11.5 Å². The van der Waals surface area contributed by atoms with E-state index >= 15 is 0 Å². The van der Waals surface area contributed by atoms with Crippen molar-refractivity contribution in [1.29, 1.82) is 0 Å². The van der Waals surface area contributed by atoms with E-state index in [4.69, 9.17) is 4.55 Å². The third-order valence-electron chi connectivity index (χ3n) is 3.97. The molecule has 7 nitrogen and oxygen atoms in total. The van der Waals surface area contributed by atoms with Gasteiger partial charge in [-0.15, -0.1) is 5.10 Å². The summed E-state index contributed by atoms with van der Waals surface area (Å²) in [6.07, 6.45) is 0.551. The summed E-state index contributed by atoms with van der Waals surface area (Å²) in [5.41, 5.74) is 3.62. The van der Waals surface area contributed by atoms with Gasteiger partial charge >= 0.3 is 0 Å². The highest BCUT2D eigenvalue weighted by Gasteiger charge is 2.12. The fraction of sp³-hybridized carbons (Fsp3) is 0.105. The first kappa shape index (κ1) is 18.7. The normalized spacial score (nSPS) is 11.8. The lowest BCUT2D eigenvalue weighted by molar-refractivity contribution is -0.105. The molecule has 0 saturated heterocycles. The van der Waals surface area contributed by atoms with Gasteiger partial charge < -0.3 is 9.87 Å². The molecule has 0 spiro atoms. The molecule has 0 aliphatic carbocycles. The fourth-order valence-corrected chi connectivity index (χ4v) is 3.14. The number of amides is 1. The van der Waals surface area contributed by atoms with Crippen LogP contribution in [-0.2, 0) is 21.6 Å². The number of carbonyl (C=O) groups excluding carboxylic acids is 2. The first-order valence-corrected chi connectivity index (χ1v) is 9.34. The van der Waals surface area contributed by atoms with Gasteiger partial charge in [-0.25, -0.2) is 8.89 Å². The molecule has 3 rings (SSSR count). The summed E-state index contributed by atoms with van der Waals surface area (Å²) in [5, 5.41) is 6.93. The number of benzene rings is 2. The highest BCUT2D eigenvalue weighted by atomic mass is 32.2. The Morgan fingerprint density at radius 3 is 2.41 bits per heavy atom. The molecule has 2 aromatic carbocycles. The topological polar surface area (TPSA) is 101 Å². The minimum absolute atomic E-state index is 0.0255. The zero-order valence-electron chi connectivity index (χ0n) is 14.5. The fourth-order valence-electron chi connectivity index (χ4n) is 2.67. The Bertz CT molecular complexity index is 995. The Labute approximate surface area is 158 Å². The van der Waals surface area contributed by atoms with E-state index in [1.165, 1.54) is 6.92 Å². The van der Waals surface area contributed by atoms with Crippen molar-refractivity contribution in [2.45, 2.75) is 12.7 Å². The van der Waals surface area contributed by atoms with Crippen molar-refractivity contribution >= 4 is 29.1 Å². The van der Waals surface area contributed by atoms with E-state index in [0.29, 0.717) is 17.8 Å². The van der Waals surface area contributed by atoms with Crippen LogP contribution in [0.15, 0.2) is 54.6 Å². The number of Topliss-reactive ketones (excluding diaryl/α,β-unsaturated/α-hetero) is 1. The molecule has 1 unspecified atom stereocenters. The maximum atomic E-state index is 11.5. The van der Waals surface area contributed by atoms with E-state index in [0.717, 1.165) is 22.5 Å². The predicted octanol–water partition coefficient (Wildman–Crippen LogP) is 3.03. The zero-order chi connectivity index (χ0) is 19.4. The van der Waals surface area contributed by atoms with Gasteiger partial charge in [0, 0.05) is 17.2 Å². The number of aromatic nitrogens is 2. The van der Waals surface area contributed by atoms with E-state index in [2.05, 4.69) is 10.4 Å². The first-order chi connectivity index (χ1) is 13.0. The van der Waals surface area contributed by atoms with Crippen LogP contribution in [0.3, 0.4) is 0 Å². The molecule has 2 N–H and O–H groups in total. The largest absolute Gasteiger partial charge is 0.312 e. The molecule has 0 aliphatic rings. The zero-order valence-corrected chi connectivity index (χ0v) is 15.3. The van der Waals surface area contributed by atoms with Crippen LogP contribution < -0.4 is 5.32 Å². The average molecular weight is 383 g/mol. The first-order valence-electron chi connectivity index (χ1n) is 8.06.